The molecule has 5 heteroatoms. The average Bonchev–Trinajstić information content (AvgIpc) is 3.09. The average molecular weight is 650 g/mol. The summed E-state index contributed by atoms with van der Waals surface area (Å²) in [6.45, 7) is 6.99. The lowest BCUT2D eigenvalue weighted by Gasteiger charge is -2.28. The number of hydrogen-bond donors (Lipinski definition) is 0. The normalized spacial score (nSPS) is 11.5. The van der Waals surface area contributed by atoms with Crippen LogP contribution in [0.4, 0.5) is 0 Å². The molecular formula is C42H55BO3P-. The van der Waals surface area contributed by atoms with E-state index in [1.807, 2.05) is 36.4 Å². The molecule has 0 N–H and O–H groups in total. The molecule has 0 atom stereocenters. The summed E-state index contributed by atoms with van der Waals surface area (Å²) in [4.78, 5) is 0. The van der Waals surface area contributed by atoms with Gasteiger partial charge in [0.25, 0.3) is 0 Å². The molecule has 0 aliphatic heterocycles. The summed E-state index contributed by atoms with van der Waals surface area (Å²) >= 11 is 0. The quantitative estimate of drug-likeness (QED) is 0.0312. The molecule has 0 spiro atoms. The lowest BCUT2D eigenvalue weighted by Crippen LogP contribution is -2.50. The summed E-state index contributed by atoms with van der Waals surface area (Å²) in [5, 5.41) is 29.6. The van der Waals surface area contributed by atoms with E-state index in [1.54, 1.807) is 17.4 Å². The Labute approximate surface area is 285 Å². The van der Waals surface area contributed by atoms with Crippen molar-refractivity contribution >= 4 is 52.2 Å². The highest BCUT2D eigenvalue weighted by Gasteiger charge is 2.38. The first-order chi connectivity index (χ1) is 23.0. The van der Waals surface area contributed by atoms with Crippen molar-refractivity contribution in [2.45, 2.75) is 97.8 Å². The van der Waals surface area contributed by atoms with Crippen molar-refractivity contribution in [2.24, 2.45) is 0 Å². The monoisotopic (exact) mass is 649 g/mol. The third kappa shape index (κ3) is 10.8. The largest absolute Gasteiger partial charge is 0.860 e. The first-order valence-electron chi connectivity index (χ1n) is 18.3. The Hall–Kier alpha value is -2.91. The number of rotatable bonds is 18. The standard InChI is InChI=1S/C24H44P.C18H11BO3/c1-4-7-10-16-21-25(22-17-11-8-5-2,23-18-12-9-6-3)24-19-14-13-15-20-24;20-19(21)22-17-7-3-6-12-8-9-15-10-13-4-1-2-5-14(13)11-16(15)18(12)17/h13-15,19-20H,4-12,16-18,21-23H2,1-3H3;1-11H/q+1;-2. The molecule has 5 aromatic carbocycles. The van der Waals surface area contributed by atoms with Crippen molar-refractivity contribution in [3.63, 3.8) is 0 Å². The van der Waals surface area contributed by atoms with Crippen LogP contribution in [-0.4, -0.2) is 25.8 Å². The van der Waals surface area contributed by atoms with Crippen molar-refractivity contribution < 1.29 is 14.7 Å². The highest BCUT2D eigenvalue weighted by Crippen LogP contribution is 2.59. The van der Waals surface area contributed by atoms with E-state index in [2.05, 4.69) is 69.3 Å². The fourth-order valence-electron chi connectivity index (χ4n) is 6.96. The van der Waals surface area contributed by atoms with E-state index in [-0.39, 0.29) is 0 Å². The predicted molar refractivity (Wildman–Crippen MR) is 205 cm³/mol. The molecule has 3 nitrogen and oxygen atoms in total. The van der Waals surface area contributed by atoms with Crippen molar-refractivity contribution in [3.8, 4) is 5.75 Å². The summed E-state index contributed by atoms with van der Waals surface area (Å²) in [7, 11) is -3.30. The van der Waals surface area contributed by atoms with Crippen molar-refractivity contribution in [2.75, 3.05) is 18.5 Å². The zero-order valence-electron chi connectivity index (χ0n) is 29.1. The molecule has 0 aliphatic rings. The van der Waals surface area contributed by atoms with Crippen molar-refractivity contribution in [3.05, 3.63) is 97.1 Å². The Morgan fingerprint density at radius 3 is 1.57 bits per heavy atom. The van der Waals surface area contributed by atoms with Crippen LogP contribution in [0.1, 0.15) is 97.8 Å². The number of fused-ring (bicyclic) bond motifs is 4. The van der Waals surface area contributed by atoms with E-state index >= 15 is 0 Å². The van der Waals surface area contributed by atoms with Gasteiger partial charge in [0.2, 0.25) is 0 Å². The van der Waals surface area contributed by atoms with Crippen LogP contribution >= 0.6 is 7.26 Å². The minimum absolute atomic E-state index is 0.341. The van der Waals surface area contributed by atoms with Crippen LogP contribution in [-0.2, 0) is 0 Å². The Balaban J connectivity index is 0.000000214. The maximum Gasteiger partial charge on any atom is 0.133 e. The molecule has 0 radical (unpaired) electrons. The topological polar surface area (TPSA) is 55.3 Å². The van der Waals surface area contributed by atoms with Gasteiger partial charge >= 0.3 is 0 Å². The molecule has 0 bridgehead atoms. The molecular weight excluding hydrogens is 594 g/mol. The van der Waals surface area contributed by atoms with Crippen LogP contribution in [0.15, 0.2) is 97.1 Å². The molecule has 0 fully saturated rings. The lowest BCUT2D eigenvalue weighted by atomic mass is 9.97. The highest BCUT2D eigenvalue weighted by atomic mass is 31.2. The molecule has 47 heavy (non-hydrogen) atoms. The van der Waals surface area contributed by atoms with Crippen LogP contribution in [0.2, 0.25) is 0 Å². The smallest absolute Gasteiger partial charge is 0.133 e. The minimum atomic E-state index is -2.33. The van der Waals surface area contributed by atoms with Gasteiger partial charge in [-0.1, -0.05) is 126 Å². The summed E-state index contributed by atoms with van der Waals surface area (Å²) in [5.41, 5.74) is 0. The van der Waals surface area contributed by atoms with Crippen LogP contribution in [0.25, 0.3) is 32.3 Å². The molecule has 0 heterocycles. The van der Waals surface area contributed by atoms with Crippen LogP contribution in [0, 0.1) is 0 Å². The number of unbranched alkanes of at least 4 members (excludes halogenated alkanes) is 9. The van der Waals surface area contributed by atoms with Gasteiger partial charge in [0.15, 0.2) is 0 Å². The summed E-state index contributed by atoms with van der Waals surface area (Å²) in [6, 6.07) is 33.4. The zero-order valence-corrected chi connectivity index (χ0v) is 30.0. The summed E-state index contributed by atoms with van der Waals surface area (Å²) in [6.07, 6.45) is 21.5. The van der Waals surface area contributed by atoms with E-state index < -0.39 is 14.6 Å². The van der Waals surface area contributed by atoms with Crippen LogP contribution in [0.3, 0.4) is 0 Å². The Kier molecular flexibility index (Phi) is 15.6. The van der Waals surface area contributed by atoms with Gasteiger partial charge in [-0.25, -0.2) is 0 Å². The molecule has 250 valence electrons. The van der Waals surface area contributed by atoms with E-state index in [1.165, 1.54) is 95.5 Å². The van der Waals surface area contributed by atoms with Crippen molar-refractivity contribution in [1.82, 2.24) is 0 Å². The molecule has 0 aromatic heterocycles. The molecule has 5 rings (SSSR count). The van der Waals surface area contributed by atoms with Gasteiger partial charge in [-0.3, -0.25) is 0 Å². The fourth-order valence-corrected chi connectivity index (χ4v) is 11.7. The van der Waals surface area contributed by atoms with Gasteiger partial charge in [-0.15, -0.1) is 0 Å². The fraction of sp³-hybridized carbons (Fsp3) is 0.429. The maximum atomic E-state index is 10.9. The van der Waals surface area contributed by atoms with Gasteiger partial charge in [-0.05, 0) is 95.8 Å². The summed E-state index contributed by atoms with van der Waals surface area (Å²) < 4.78 is 4.94. The lowest BCUT2D eigenvalue weighted by molar-refractivity contribution is -0.372. The predicted octanol–water partition coefficient (Wildman–Crippen LogP) is 10.3. The van der Waals surface area contributed by atoms with E-state index in [9.17, 15) is 10.0 Å². The van der Waals surface area contributed by atoms with E-state index in [0.29, 0.717) is 5.75 Å². The number of hydrogen-bond acceptors (Lipinski definition) is 3. The minimum Gasteiger partial charge on any atom is -0.860 e. The first-order valence-corrected chi connectivity index (χ1v) is 20.6. The molecule has 0 saturated heterocycles. The van der Waals surface area contributed by atoms with Crippen molar-refractivity contribution in [1.29, 1.82) is 0 Å². The Morgan fingerprint density at radius 2 is 1.02 bits per heavy atom. The summed E-state index contributed by atoms with van der Waals surface area (Å²) in [5.74, 6) is 0.341. The molecule has 0 aliphatic carbocycles. The zero-order chi connectivity index (χ0) is 33.3. The Morgan fingerprint density at radius 1 is 0.511 bits per heavy atom. The van der Waals surface area contributed by atoms with E-state index in [4.69, 9.17) is 4.65 Å². The number of benzene rings is 5. The van der Waals surface area contributed by atoms with Gasteiger partial charge in [0.1, 0.15) is 13.1 Å². The third-order valence-corrected chi connectivity index (χ3v) is 14.4. The SMILES string of the molecule is CCCCCC[P+](CCCCCC)(CCCCCC)c1ccccc1.[O-]B([O-])Oc1cccc2ccc3cc4ccccc4cc3c12. The van der Waals surface area contributed by atoms with Gasteiger partial charge < -0.3 is 14.7 Å². The molecule has 0 saturated carbocycles. The second-order valence-corrected chi connectivity index (χ2v) is 17.2. The van der Waals surface area contributed by atoms with Crippen LogP contribution in [0.5, 0.6) is 5.75 Å². The highest BCUT2D eigenvalue weighted by molar-refractivity contribution is 7.82. The van der Waals surface area contributed by atoms with Gasteiger partial charge in [0.05, 0.1) is 23.8 Å². The van der Waals surface area contributed by atoms with E-state index in [0.717, 1.165) is 32.3 Å². The first kappa shape index (κ1) is 36.9. The second kappa shape index (κ2) is 19.8. The van der Waals surface area contributed by atoms with Crippen LogP contribution < -0.4 is 20.0 Å². The maximum absolute atomic E-state index is 10.9. The Bertz CT molecular complexity index is 1590. The molecule has 5 aromatic rings. The molecule has 0 unspecified atom stereocenters. The second-order valence-electron chi connectivity index (χ2n) is 13.1. The third-order valence-electron chi connectivity index (χ3n) is 9.53. The van der Waals surface area contributed by atoms with Gasteiger partial charge in [0, 0.05) is 12.6 Å². The van der Waals surface area contributed by atoms with Gasteiger partial charge in [-0.2, -0.15) is 0 Å². The molecule has 0 amide bonds.